The van der Waals surface area contributed by atoms with E-state index in [9.17, 15) is 23.6 Å². The summed E-state index contributed by atoms with van der Waals surface area (Å²) in [5, 5.41) is 2.52. The van der Waals surface area contributed by atoms with E-state index in [0.717, 1.165) is 4.90 Å². The van der Waals surface area contributed by atoms with E-state index in [1.807, 2.05) is 0 Å². The Balaban J connectivity index is 1.45. The number of rotatable bonds is 7. The third-order valence-corrected chi connectivity index (χ3v) is 4.57. The minimum atomic E-state index is -0.472. The summed E-state index contributed by atoms with van der Waals surface area (Å²) in [6.45, 7) is -0.0657. The molecule has 2 aromatic carbocycles. The van der Waals surface area contributed by atoms with Crippen molar-refractivity contribution in [2.45, 2.75) is 12.8 Å². The van der Waals surface area contributed by atoms with Crippen LogP contribution in [0.2, 0.25) is 0 Å². The first-order valence-corrected chi connectivity index (χ1v) is 9.11. The molecule has 4 amide bonds. The molecule has 1 aliphatic rings. The second-order valence-electron chi connectivity index (χ2n) is 6.72. The van der Waals surface area contributed by atoms with Gasteiger partial charge in [0.25, 0.3) is 11.8 Å². The van der Waals surface area contributed by atoms with Crippen LogP contribution in [0.5, 0.6) is 0 Å². The minimum absolute atomic E-state index is 0.0805. The first-order valence-electron chi connectivity index (χ1n) is 9.11. The van der Waals surface area contributed by atoms with Crippen LogP contribution in [-0.2, 0) is 9.59 Å². The van der Waals surface area contributed by atoms with E-state index < -0.39 is 11.7 Å². The van der Waals surface area contributed by atoms with Gasteiger partial charge in [0.15, 0.2) is 0 Å². The van der Waals surface area contributed by atoms with Gasteiger partial charge in [-0.25, -0.2) is 4.39 Å². The maximum atomic E-state index is 13.2. The van der Waals surface area contributed by atoms with Crippen molar-refractivity contribution < 1.29 is 23.6 Å². The van der Waals surface area contributed by atoms with Crippen LogP contribution in [0, 0.1) is 5.82 Å². The monoisotopic (exact) mass is 397 g/mol. The number of anilines is 1. The first kappa shape index (κ1) is 20.2. The second-order valence-corrected chi connectivity index (χ2v) is 6.72. The second kappa shape index (κ2) is 8.64. The number of hydrogen-bond acceptors (Lipinski definition) is 4. The SMILES string of the molecule is CN(CC(=O)Nc1cccc(F)c1)C(=O)CCCN1C(=O)c2ccccc2C1=O. The van der Waals surface area contributed by atoms with E-state index in [1.54, 1.807) is 30.3 Å². The molecular formula is C21H20FN3O4. The highest BCUT2D eigenvalue weighted by atomic mass is 19.1. The third-order valence-electron chi connectivity index (χ3n) is 4.57. The standard InChI is InChI=1S/C21H20FN3O4/c1-24(13-18(26)23-15-7-4-6-14(22)12-15)19(27)10-5-11-25-20(28)16-8-2-3-9-17(16)21(25)29/h2-4,6-9,12H,5,10-11,13H2,1H3,(H,23,26). The van der Waals surface area contributed by atoms with Crippen LogP contribution >= 0.6 is 0 Å². The molecule has 29 heavy (non-hydrogen) atoms. The zero-order valence-corrected chi connectivity index (χ0v) is 15.9. The van der Waals surface area contributed by atoms with Gasteiger partial charge in [0.05, 0.1) is 17.7 Å². The molecule has 0 atom stereocenters. The molecule has 3 rings (SSSR count). The molecule has 1 heterocycles. The van der Waals surface area contributed by atoms with Crippen molar-refractivity contribution in [3.8, 4) is 0 Å². The number of carbonyl (C=O) groups is 4. The molecule has 0 aromatic heterocycles. The molecule has 0 saturated heterocycles. The van der Waals surface area contributed by atoms with Gasteiger partial charge in [0, 0.05) is 25.7 Å². The summed E-state index contributed by atoms with van der Waals surface area (Å²) in [5.74, 6) is -1.94. The molecule has 0 unspecified atom stereocenters. The smallest absolute Gasteiger partial charge is 0.261 e. The molecule has 1 aliphatic heterocycles. The van der Waals surface area contributed by atoms with Crippen molar-refractivity contribution in [2.24, 2.45) is 0 Å². The highest BCUT2D eigenvalue weighted by molar-refractivity contribution is 6.21. The van der Waals surface area contributed by atoms with Crippen molar-refractivity contribution in [1.29, 1.82) is 0 Å². The average Bonchev–Trinajstić information content (AvgIpc) is 2.93. The minimum Gasteiger partial charge on any atom is -0.336 e. The number of likely N-dealkylation sites (N-methyl/N-ethyl adjacent to an activating group) is 1. The van der Waals surface area contributed by atoms with Gasteiger partial charge in [-0.15, -0.1) is 0 Å². The number of halogens is 1. The Morgan fingerprint density at radius 2 is 1.69 bits per heavy atom. The van der Waals surface area contributed by atoms with Gasteiger partial charge in [0.2, 0.25) is 11.8 Å². The average molecular weight is 397 g/mol. The Bertz CT molecular complexity index is 941. The first-order chi connectivity index (χ1) is 13.9. The zero-order valence-electron chi connectivity index (χ0n) is 15.9. The number of carbonyl (C=O) groups excluding carboxylic acids is 4. The Morgan fingerprint density at radius 3 is 2.31 bits per heavy atom. The Morgan fingerprint density at radius 1 is 1.03 bits per heavy atom. The fourth-order valence-corrected chi connectivity index (χ4v) is 3.09. The highest BCUT2D eigenvalue weighted by Gasteiger charge is 2.34. The van der Waals surface area contributed by atoms with E-state index in [0.29, 0.717) is 23.2 Å². The molecule has 150 valence electrons. The van der Waals surface area contributed by atoms with Gasteiger partial charge >= 0.3 is 0 Å². The van der Waals surface area contributed by atoms with Gasteiger partial charge in [0.1, 0.15) is 5.82 Å². The van der Waals surface area contributed by atoms with Crippen LogP contribution < -0.4 is 5.32 Å². The molecular weight excluding hydrogens is 377 g/mol. The van der Waals surface area contributed by atoms with Crippen LogP contribution in [0.15, 0.2) is 48.5 Å². The molecule has 0 bridgehead atoms. The number of fused-ring (bicyclic) bond motifs is 1. The van der Waals surface area contributed by atoms with Crippen molar-refractivity contribution in [2.75, 3.05) is 25.5 Å². The fraction of sp³-hybridized carbons (Fsp3) is 0.238. The molecule has 7 nitrogen and oxygen atoms in total. The summed E-state index contributed by atoms with van der Waals surface area (Å²) in [6.07, 6.45) is 0.372. The van der Waals surface area contributed by atoms with Crippen LogP contribution in [0.3, 0.4) is 0 Å². The van der Waals surface area contributed by atoms with Crippen molar-refractivity contribution in [1.82, 2.24) is 9.80 Å². The van der Waals surface area contributed by atoms with Crippen molar-refractivity contribution >= 4 is 29.3 Å². The van der Waals surface area contributed by atoms with Crippen molar-refractivity contribution in [3.63, 3.8) is 0 Å². The molecule has 8 heteroatoms. The summed E-state index contributed by atoms with van der Waals surface area (Å²) in [5.41, 5.74) is 1.05. The van der Waals surface area contributed by atoms with E-state index >= 15 is 0 Å². The largest absolute Gasteiger partial charge is 0.336 e. The van der Waals surface area contributed by atoms with Gasteiger partial charge in [-0.3, -0.25) is 24.1 Å². The predicted octanol–water partition coefficient (Wildman–Crippen LogP) is 2.30. The highest BCUT2D eigenvalue weighted by Crippen LogP contribution is 2.22. The van der Waals surface area contributed by atoms with Crippen LogP contribution in [-0.4, -0.2) is 53.6 Å². The lowest BCUT2D eigenvalue weighted by atomic mass is 10.1. The van der Waals surface area contributed by atoms with Gasteiger partial charge < -0.3 is 10.2 Å². The number of hydrogen-bond donors (Lipinski definition) is 1. The number of amides is 4. The maximum Gasteiger partial charge on any atom is 0.261 e. The summed E-state index contributed by atoms with van der Waals surface area (Å²) >= 11 is 0. The Hall–Kier alpha value is -3.55. The molecule has 0 aliphatic carbocycles. The number of nitrogens with zero attached hydrogens (tertiary/aromatic N) is 2. The molecule has 0 fully saturated rings. The maximum absolute atomic E-state index is 13.2. The van der Waals surface area contributed by atoms with Gasteiger partial charge in [-0.05, 0) is 36.8 Å². The van der Waals surface area contributed by atoms with Crippen LogP contribution in [0.25, 0.3) is 0 Å². The van der Waals surface area contributed by atoms with Crippen LogP contribution in [0.1, 0.15) is 33.6 Å². The zero-order chi connectivity index (χ0) is 21.0. The van der Waals surface area contributed by atoms with Gasteiger partial charge in [-0.1, -0.05) is 18.2 Å². The summed E-state index contributed by atoms with van der Waals surface area (Å²) in [6, 6.07) is 12.1. The number of imide groups is 1. The van der Waals surface area contributed by atoms with Crippen LogP contribution in [0.4, 0.5) is 10.1 Å². The molecule has 0 radical (unpaired) electrons. The normalized spacial score (nSPS) is 12.7. The van der Waals surface area contributed by atoms with E-state index in [2.05, 4.69) is 5.32 Å². The van der Waals surface area contributed by atoms with E-state index in [1.165, 1.54) is 30.1 Å². The molecule has 0 spiro atoms. The summed E-state index contributed by atoms with van der Waals surface area (Å²) in [4.78, 5) is 51.2. The fourth-order valence-electron chi connectivity index (χ4n) is 3.09. The lowest BCUT2D eigenvalue weighted by Gasteiger charge is -2.18. The molecule has 2 aromatic rings. The lowest BCUT2D eigenvalue weighted by Crippen LogP contribution is -2.36. The number of nitrogens with one attached hydrogen (secondary N) is 1. The topological polar surface area (TPSA) is 86.8 Å². The Labute approximate surface area is 167 Å². The van der Waals surface area contributed by atoms with E-state index in [-0.39, 0.29) is 37.2 Å². The Kier molecular flexibility index (Phi) is 6.01. The predicted molar refractivity (Wildman–Crippen MR) is 104 cm³/mol. The lowest BCUT2D eigenvalue weighted by molar-refractivity contribution is -0.133. The number of benzene rings is 2. The third kappa shape index (κ3) is 4.66. The van der Waals surface area contributed by atoms with Crippen molar-refractivity contribution in [3.05, 3.63) is 65.5 Å². The molecule has 0 saturated carbocycles. The van der Waals surface area contributed by atoms with E-state index in [4.69, 9.17) is 0 Å². The molecule has 1 N–H and O–H groups in total. The van der Waals surface area contributed by atoms with Gasteiger partial charge in [-0.2, -0.15) is 0 Å². The quantitative estimate of drug-likeness (QED) is 0.727. The summed E-state index contributed by atoms with van der Waals surface area (Å²) < 4.78 is 13.2. The summed E-state index contributed by atoms with van der Waals surface area (Å²) in [7, 11) is 1.48.